The zero-order valence-corrected chi connectivity index (χ0v) is 16.1. The highest BCUT2D eigenvalue weighted by atomic mass is 32.2. The molecule has 8 heteroatoms. The van der Waals surface area contributed by atoms with Crippen molar-refractivity contribution in [1.29, 1.82) is 0 Å². The lowest BCUT2D eigenvalue weighted by molar-refractivity contribution is 0.401. The van der Waals surface area contributed by atoms with E-state index >= 15 is 0 Å². The van der Waals surface area contributed by atoms with Crippen LogP contribution in [0, 0.1) is 12.9 Å². The molecule has 0 aliphatic heterocycles. The molecule has 3 aromatic rings. The van der Waals surface area contributed by atoms with Crippen LogP contribution in [-0.4, -0.2) is 34.6 Å². The number of imidazole rings is 1. The maximum atomic E-state index is 13.7. The first kappa shape index (κ1) is 18.3. The smallest absolute Gasteiger partial charge is 0.213 e. The van der Waals surface area contributed by atoms with Gasteiger partial charge >= 0.3 is 0 Å². The third-order valence-electron chi connectivity index (χ3n) is 4.11. The molecule has 26 heavy (non-hydrogen) atoms. The van der Waals surface area contributed by atoms with Gasteiger partial charge in [-0.1, -0.05) is 0 Å². The Hall–Kier alpha value is -2.48. The molecule has 0 spiro atoms. The molecule has 3 aromatic heterocycles. The molecule has 0 saturated carbocycles. The van der Waals surface area contributed by atoms with Crippen molar-refractivity contribution in [3.05, 3.63) is 42.2 Å². The van der Waals surface area contributed by atoms with Gasteiger partial charge in [-0.05, 0) is 33.8 Å². The van der Waals surface area contributed by atoms with Crippen molar-refractivity contribution >= 4 is 15.5 Å². The van der Waals surface area contributed by atoms with E-state index in [1.165, 1.54) is 19.4 Å². The van der Waals surface area contributed by atoms with Crippen LogP contribution in [0.2, 0.25) is 0 Å². The number of sulfone groups is 1. The van der Waals surface area contributed by atoms with Gasteiger partial charge in [0.05, 0.1) is 23.7 Å². The summed E-state index contributed by atoms with van der Waals surface area (Å²) >= 11 is 0. The summed E-state index contributed by atoms with van der Waals surface area (Å²) in [5, 5.41) is 0. The van der Waals surface area contributed by atoms with E-state index in [1.54, 1.807) is 50.4 Å². The molecule has 3 heterocycles. The molecule has 0 aliphatic carbocycles. The van der Waals surface area contributed by atoms with Gasteiger partial charge in [0, 0.05) is 29.6 Å². The van der Waals surface area contributed by atoms with Gasteiger partial charge in [-0.15, -0.1) is 0 Å². The van der Waals surface area contributed by atoms with E-state index in [9.17, 15) is 12.8 Å². The van der Waals surface area contributed by atoms with Crippen LogP contribution in [0.1, 0.15) is 26.5 Å². The van der Waals surface area contributed by atoms with Crippen LogP contribution in [0.25, 0.3) is 16.9 Å². The van der Waals surface area contributed by atoms with Gasteiger partial charge in [0.25, 0.3) is 0 Å². The van der Waals surface area contributed by atoms with E-state index in [4.69, 9.17) is 4.74 Å². The van der Waals surface area contributed by atoms with Crippen molar-refractivity contribution in [2.75, 3.05) is 7.11 Å². The van der Waals surface area contributed by atoms with Crippen LogP contribution in [0.4, 0.5) is 4.39 Å². The number of nitrogens with zero attached hydrogens (tertiary/aromatic N) is 3. The Bertz CT molecular complexity index is 1080. The molecule has 0 aliphatic rings. The van der Waals surface area contributed by atoms with Crippen LogP contribution in [0.15, 0.2) is 35.5 Å². The van der Waals surface area contributed by atoms with E-state index in [1.807, 2.05) is 0 Å². The first-order valence-corrected chi connectivity index (χ1v) is 9.47. The van der Waals surface area contributed by atoms with Crippen molar-refractivity contribution in [3.8, 4) is 17.0 Å². The fourth-order valence-corrected chi connectivity index (χ4v) is 3.98. The Balaban J connectivity index is 2.32. The van der Waals surface area contributed by atoms with Gasteiger partial charge < -0.3 is 4.74 Å². The fraction of sp³-hybridized carbons (Fsp3) is 0.333. The number of ether oxygens (including phenoxy) is 1. The van der Waals surface area contributed by atoms with Crippen LogP contribution in [0.5, 0.6) is 5.75 Å². The molecule has 0 amide bonds. The lowest BCUT2D eigenvalue weighted by Gasteiger charge is -2.21. The number of methoxy groups -OCH3 is 1. The number of pyridine rings is 2. The topological polar surface area (TPSA) is 73.6 Å². The second kappa shape index (κ2) is 6.05. The highest BCUT2D eigenvalue weighted by molar-refractivity contribution is 7.92. The predicted molar refractivity (Wildman–Crippen MR) is 96.6 cm³/mol. The van der Waals surface area contributed by atoms with E-state index in [0.717, 1.165) is 0 Å². The summed E-state index contributed by atoms with van der Waals surface area (Å²) in [7, 11) is -2.25. The largest absolute Gasteiger partial charge is 0.495 e. The van der Waals surface area contributed by atoms with Crippen LogP contribution in [-0.2, 0) is 9.84 Å². The van der Waals surface area contributed by atoms with E-state index in [2.05, 4.69) is 9.97 Å². The Morgan fingerprint density at radius 2 is 1.88 bits per heavy atom. The summed E-state index contributed by atoms with van der Waals surface area (Å²) in [6.45, 7) is 6.57. The Kier molecular flexibility index (Phi) is 4.26. The number of rotatable bonds is 3. The summed E-state index contributed by atoms with van der Waals surface area (Å²) in [6, 6.07) is 4.57. The van der Waals surface area contributed by atoms with Crippen molar-refractivity contribution in [2.45, 2.75) is 37.3 Å². The SMILES string of the molecule is COc1cc2ncc(-c3cc(C)nc(F)c3)n2cc1S(=O)(=O)C(C)(C)C. The molecule has 0 aromatic carbocycles. The average molecular weight is 377 g/mol. The minimum atomic E-state index is -3.66. The molecule has 138 valence electrons. The van der Waals surface area contributed by atoms with Crippen LogP contribution < -0.4 is 4.74 Å². The molecule has 0 N–H and O–H groups in total. The molecule has 0 fully saturated rings. The van der Waals surface area contributed by atoms with E-state index in [0.29, 0.717) is 22.6 Å². The van der Waals surface area contributed by atoms with Crippen molar-refractivity contribution in [3.63, 3.8) is 0 Å². The molecule has 0 saturated heterocycles. The number of fused-ring (bicyclic) bond motifs is 1. The summed E-state index contributed by atoms with van der Waals surface area (Å²) < 4.78 is 45.5. The van der Waals surface area contributed by atoms with Gasteiger partial charge in [0.15, 0.2) is 9.84 Å². The lowest BCUT2D eigenvalue weighted by atomic mass is 10.2. The van der Waals surface area contributed by atoms with Gasteiger partial charge in [0.1, 0.15) is 16.3 Å². The number of hydrogen-bond donors (Lipinski definition) is 0. The second-order valence-corrected chi connectivity index (χ2v) is 9.68. The second-order valence-electron chi connectivity index (χ2n) is 7.01. The summed E-state index contributed by atoms with van der Waals surface area (Å²) in [5.74, 6) is -0.382. The quantitative estimate of drug-likeness (QED) is 0.654. The highest BCUT2D eigenvalue weighted by Crippen LogP contribution is 2.34. The van der Waals surface area contributed by atoms with Crippen molar-refractivity contribution in [1.82, 2.24) is 14.4 Å². The maximum Gasteiger partial charge on any atom is 0.213 e. The molecule has 0 radical (unpaired) electrons. The zero-order chi connectivity index (χ0) is 19.3. The fourth-order valence-electron chi connectivity index (χ4n) is 2.67. The Labute approximate surface area is 151 Å². The standard InChI is InChI=1S/C18H20FN3O3S/c1-11-6-12(7-16(19)21-11)13-9-20-17-8-14(25-5)15(10-22(13)17)26(23,24)18(2,3)4/h6-10H,1-5H3. The summed E-state index contributed by atoms with van der Waals surface area (Å²) in [5.41, 5.74) is 2.15. The van der Waals surface area contributed by atoms with E-state index < -0.39 is 20.5 Å². The molecule has 0 unspecified atom stereocenters. The molecular weight excluding hydrogens is 357 g/mol. The Morgan fingerprint density at radius 1 is 1.19 bits per heavy atom. The normalized spacial score (nSPS) is 12.5. The molecule has 6 nitrogen and oxygen atoms in total. The molecule has 0 atom stereocenters. The lowest BCUT2D eigenvalue weighted by Crippen LogP contribution is -2.28. The van der Waals surface area contributed by atoms with Gasteiger partial charge in [-0.25, -0.2) is 18.4 Å². The minimum Gasteiger partial charge on any atom is -0.495 e. The number of hydrogen-bond acceptors (Lipinski definition) is 5. The number of aryl methyl sites for hydroxylation is 1. The third kappa shape index (κ3) is 2.94. The molecule has 3 rings (SSSR count). The monoisotopic (exact) mass is 377 g/mol. The average Bonchev–Trinajstić information content (AvgIpc) is 2.94. The van der Waals surface area contributed by atoms with Gasteiger partial charge in [-0.2, -0.15) is 4.39 Å². The number of aromatic nitrogens is 3. The minimum absolute atomic E-state index is 0.0606. The van der Waals surface area contributed by atoms with E-state index in [-0.39, 0.29) is 10.6 Å². The zero-order valence-electron chi connectivity index (χ0n) is 15.2. The van der Waals surface area contributed by atoms with Crippen LogP contribution >= 0.6 is 0 Å². The van der Waals surface area contributed by atoms with Crippen LogP contribution in [0.3, 0.4) is 0 Å². The van der Waals surface area contributed by atoms with Crippen molar-refractivity contribution in [2.24, 2.45) is 0 Å². The third-order valence-corrected chi connectivity index (χ3v) is 6.61. The molecule has 0 bridgehead atoms. The summed E-state index contributed by atoms with van der Waals surface area (Å²) in [4.78, 5) is 8.08. The maximum absolute atomic E-state index is 13.7. The Morgan fingerprint density at radius 3 is 2.46 bits per heavy atom. The van der Waals surface area contributed by atoms with Crippen molar-refractivity contribution < 1.29 is 17.5 Å². The number of halogens is 1. The first-order valence-electron chi connectivity index (χ1n) is 7.99. The summed E-state index contributed by atoms with van der Waals surface area (Å²) in [6.07, 6.45) is 3.04. The predicted octanol–water partition coefficient (Wildman–Crippen LogP) is 3.42. The highest BCUT2D eigenvalue weighted by Gasteiger charge is 2.34. The first-order chi connectivity index (χ1) is 12.0. The molecular formula is C18H20FN3O3S. The van der Waals surface area contributed by atoms with Gasteiger partial charge in [-0.3, -0.25) is 4.40 Å². The van der Waals surface area contributed by atoms with Gasteiger partial charge in [0.2, 0.25) is 5.95 Å².